The van der Waals surface area contributed by atoms with Gasteiger partial charge in [0, 0.05) is 0 Å². The summed E-state index contributed by atoms with van der Waals surface area (Å²) in [6.45, 7) is 1.38. The van der Waals surface area contributed by atoms with Crippen molar-refractivity contribution in [3.05, 3.63) is 0 Å². The van der Waals surface area contributed by atoms with E-state index in [4.69, 9.17) is 16.6 Å². The summed E-state index contributed by atoms with van der Waals surface area (Å²) in [4.78, 5) is 20.4. The van der Waals surface area contributed by atoms with Crippen LogP contribution in [0.4, 0.5) is 0 Å². The summed E-state index contributed by atoms with van der Waals surface area (Å²) >= 11 is 0. The Morgan fingerprint density at radius 3 is 2.00 bits per heavy atom. The van der Waals surface area contributed by atoms with Gasteiger partial charge in [0.1, 0.15) is 6.04 Å². The standard InChI is InChI=1S/C5H10N2O3/c1-2(4(7)8)3(6)5(9)10/h2-3H,6H2,1H3,(H2,7,8)(H,9,10)/t2-,3-/m0/s1. The van der Waals surface area contributed by atoms with Gasteiger partial charge >= 0.3 is 5.97 Å². The first-order valence-corrected chi connectivity index (χ1v) is 2.74. The van der Waals surface area contributed by atoms with E-state index in [9.17, 15) is 9.59 Å². The summed E-state index contributed by atoms with van der Waals surface area (Å²) in [6, 6.07) is -1.20. The van der Waals surface area contributed by atoms with Gasteiger partial charge in [-0.25, -0.2) is 0 Å². The molecule has 0 rings (SSSR count). The quantitative estimate of drug-likeness (QED) is 0.451. The van der Waals surface area contributed by atoms with Crippen LogP contribution < -0.4 is 11.5 Å². The van der Waals surface area contributed by atoms with Gasteiger partial charge in [-0.2, -0.15) is 0 Å². The van der Waals surface area contributed by atoms with Crippen LogP contribution in [0, 0.1) is 5.92 Å². The third-order valence-corrected chi connectivity index (χ3v) is 1.27. The molecule has 0 aliphatic rings. The summed E-state index contributed by atoms with van der Waals surface area (Å²) in [5, 5.41) is 8.27. The van der Waals surface area contributed by atoms with Gasteiger partial charge in [0.2, 0.25) is 5.91 Å². The lowest BCUT2D eigenvalue weighted by atomic mass is 10.0. The largest absolute Gasteiger partial charge is 0.480 e. The Morgan fingerprint density at radius 1 is 1.50 bits per heavy atom. The van der Waals surface area contributed by atoms with Gasteiger partial charge in [-0.1, -0.05) is 6.92 Å². The van der Waals surface area contributed by atoms with Gasteiger partial charge in [-0.15, -0.1) is 0 Å². The number of amides is 1. The van der Waals surface area contributed by atoms with Crippen LogP contribution in [0.1, 0.15) is 6.92 Å². The average molecular weight is 146 g/mol. The first-order chi connectivity index (χ1) is 4.46. The van der Waals surface area contributed by atoms with E-state index in [0.717, 1.165) is 0 Å². The van der Waals surface area contributed by atoms with Crippen molar-refractivity contribution in [2.24, 2.45) is 17.4 Å². The second kappa shape index (κ2) is 3.17. The molecule has 0 saturated carbocycles. The van der Waals surface area contributed by atoms with Crippen molar-refractivity contribution in [2.75, 3.05) is 0 Å². The monoisotopic (exact) mass is 146 g/mol. The molecule has 0 heterocycles. The number of nitrogens with two attached hydrogens (primary N) is 2. The third-order valence-electron chi connectivity index (χ3n) is 1.27. The molecule has 1 amide bonds. The molecule has 5 N–H and O–H groups in total. The van der Waals surface area contributed by atoms with E-state index >= 15 is 0 Å². The first-order valence-electron chi connectivity index (χ1n) is 2.74. The Bertz CT molecular complexity index is 139. The molecule has 0 aliphatic heterocycles. The fourth-order valence-electron chi connectivity index (χ4n) is 0.391. The molecule has 0 bridgehead atoms. The van der Waals surface area contributed by atoms with Crippen LogP contribution in [0.15, 0.2) is 0 Å². The molecule has 0 aromatic carbocycles. The van der Waals surface area contributed by atoms with Gasteiger partial charge in [0.05, 0.1) is 5.92 Å². The highest BCUT2D eigenvalue weighted by Gasteiger charge is 2.23. The molecule has 58 valence electrons. The van der Waals surface area contributed by atoms with Crippen molar-refractivity contribution in [3.63, 3.8) is 0 Å². The predicted octanol–water partition coefficient (Wildman–Crippen LogP) is -1.48. The maximum absolute atomic E-state index is 10.3. The van der Waals surface area contributed by atoms with E-state index in [-0.39, 0.29) is 0 Å². The molecule has 0 radical (unpaired) electrons. The van der Waals surface area contributed by atoms with Gasteiger partial charge in [-0.3, -0.25) is 9.59 Å². The van der Waals surface area contributed by atoms with Crippen LogP contribution in [-0.2, 0) is 9.59 Å². The SMILES string of the molecule is C[C@H](C(N)=O)[C@H](N)C(=O)O. The minimum atomic E-state index is -1.22. The lowest BCUT2D eigenvalue weighted by Gasteiger charge is -2.10. The number of primary amides is 1. The maximum atomic E-state index is 10.3. The predicted molar refractivity (Wildman–Crippen MR) is 34.0 cm³/mol. The zero-order valence-electron chi connectivity index (χ0n) is 5.57. The molecule has 5 nitrogen and oxygen atoms in total. The molecule has 0 aromatic rings. The number of aliphatic carboxylic acids is 1. The molecule has 0 fully saturated rings. The summed E-state index contributed by atoms with van der Waals surface area (Å²) in [6.07, 6.45) is 0. The molecule has 0 unspecified atom stereocenters. The number of hydrogen-bond acceptors (Lipinski definition) is 3. The molecule has 0 aromatic heterocycles. The third kappa shape index (κ3) is 2.02. The Hall–Kier alpha value is -1.10. The minimum Gasteiger partial charge on any atom is -0.480 e. The fourth-order valence-corrected chi connectivity index (χ4v) is 0.391. The lowest BCUT2D eigenvalue weighted by Crippen LogP contribution is -2.42. The highest BCUT2D eigenvalue weighted by atomic mass is 16.4. The molecule has 0 spiro atoms. The van der Waals surface area contributed by atoms with Crippen LogP contribution in [0.3, 0.4) is 0 Å². The molecule has 5 heteroatoms. The zero-order chi connectivity index (χ0) is 8.31. The lowest BCUT2D eigenvalue weighted by molar-refractivity contribution is -0.142. The second-order valence-corrected chi connectivity index (χ2v) is 2.06. The number of carbonyl (C=O) groups excluding carboxylic acids is 1. The number of carboxylic acids is 1. The minimum absolute atomic E-state index is 0.699. The normalized spacial score (nSPS) is 15.8. The topological polar surface area (TPSA) is 106 Å². The second-order valence-electron chi connectivity index (χ2n) is 2.06. The van der Waals surface area contributed by atoms with E-state index in [1.54, 1.807) is 0 Å². The van der Waals surface area contributed by atoms with Crippen molar-refractivity contribution in [1.29, 1.82) is 0 Å². The molecular weight excluding hydrogens is 136 g/mol. The summed E-state index contributed by atoms with van der Waals surface area (Å²) in [7, 11) is 0. The van der Waals surface area contributed by atoms with E-state index in [1.165, 1.54) is 6.92 Å². The molecular formula is C5H10N2O3. The Labute approximate surface area is 58.0 Å². The van der Waals surface area contributed by atoms with Crippen LogP contribution in [-0.4, -0.2) is 23.0 Å². The Balaban J connectivity index is 4.07. The fraction of sp³-hybridized carbons (Fsp3) is 0.600. The summed E-state index contributed by atoms with van der Waals surface area (Å²) in [5.41, 5.74) is 9.85. The van der Waals surface area contributed by atoms with Crippen molar-refractivity contribution >= 4 is 11.9 Å². The summed E-state index contributed by atoms with van der Waals surface area (Å²) in [5.74, 6) is -2.74. The first kappa shape index (κ1) is 8.90. The van der Waals surface area contributed by atoms with Gasteiger partial charge in [-0.05, 0) is 0 Å². The van der Waals surface area contributed by atoms with Crippen molar-refractivity contribution in [2.45, 2.75) is 13.0 Å². The number of hydrogen-bond donors (Lipinski definition) is 3. The van der Waals surface area contributed by atoms with E-state index in [0.29, 0.717) is 0 Å². The highest BCUT2D eigenvalue weighted by Crippen LogP contribution is 1.98. The average Bonchev–Trinajstić information content (AvgIpc) is 1.84. The van der Waals surface area contributed by atoms with E-state index in [2.05, 4.69) is 0 Å². The van der Waals surface area contributed by atoms with Crippen molar-refractivity contribution < 1.29 is 14.7 Å². The molecule has 0 saturated heterocycles. The van der Waals surface area contributed by atoms with Crippen LogP contribution in [0.25, 0.3) is 0 Å². The van der Waals surface area contributed by atoms with Crippen LogP contribution in [0.2, 0.25) is 0 Å². The van der Waals surface area contributed by atoms with E-state index < -0.39 is 23.8 Å². The van der Waals surface area contributed by atoms with Crippen LogP contribution in [0.5, 0.6) is 0 Å². The van der Waals surface area contributed by atoms with Gasteiger partial charge in [0.25, 0.3) is 0 Å². The highest BCUT2D eigenvalue weighted by molar-refractivity contribution is 5.85. The molecule has 10 heavy (non-hydrogen) atoms. The summed E-state index contributed by atoms with van der Waals surface area (Å²) < 4.78 is 0. The van der Waals surface area contributed by atoms with Gasteiger partial charge < -0.3 is 16.6 Å². The number of rotatable bonds is 3. The zero-order valence-corrected chi connectivity index (χ0v) is 5.57. The van der Waals surface area contributed by atoms with Gasteiger partial charge in [0.15, 0.2) is 0 Å². The number of carboxylic acid groups (broad SMARTS) is 1. The van der Waals surface area contributed by atoms with Crippen molar-refractivity contribution in [1.82, 2.24) is 0 Å². The molecule has 2 atom stereocenters. The Kier molecular flexibility index (Phi) is 2.82. The van der Waals surface area contributed by atoms with Crippen molar-refractivity contribution in [3.8, 4) is 0 Å². The number of carbonyl (C=O) groups is 2. The Morgan fingerprint density at radius 2 is 1.90 bits per heavy atom. The maximum Gasteiger partial charge on any atom is 0.321 e. The smallest absolute Gasteiger partial charge is 0.321 e. The van der Waals surface area contributed by atoms with E-state index in [1.807, 2.05) is 0 Å². The van der Waals surface area contributed by atoms with Crippen LogP contribution >= 0.6 is 0 Å². The molecule has 0 aliphatic carbocycles.